The minimum absolute atomic E-state index is 0.196. The molecule has 1 aromatic heterocycles. The lowest BCUT2D eigenvalue weighted by Crippen LogP contribution is -2.39. The average molecular weight is 319 g/mol. The van der Waals surface area contributed by atoms with Gasteiger partial charge in [0.15, 0.2) is 0 Å². The summed E-state index contributed by atoms with van der Waals surface area (Å²) < 4.78 is 0.887. The SMILES string of the molecule is O=C1CCC(c2cc(Br)cc3ncccc23)C(=O)N1. The number of piperidine rings is 1. The molecule has 3 rings (SSSR count). The molecule has 1 aliphatic heterocycles. The number of rotatable bonds is 1. The Labute approximate surface area is 118 Å². The van der Waals surface area contributed by atoms with Crippen molar-refractivity contribution in [3.63, 3.8) is 0 Å². The molecule has 1 aliphatic rings. The smallest absolute Gasteiger partial charge is 0.234 e. The molecule has 0 radical (unpaired) electrons. The maximum absolute atomic E-state index is 12.0. The van der Waals surface area contributed by atoms with Crippen LogP contribution in [0.2, 0.25) is 0 Å². The Bertz CT molecular complexity index is 684. The summed E-state index contributed by atoms with van der Waals surface area (Å²) in [6.45, 7) is 0. The minimum atomic E-state index is -0.290. The first-order valence-electron chi connectivity index (χ1n) is 6.03. The number of benzene rings is 1. The van der Waals surface area contributed by atoms with E-state index >= 15 is 0 Å². The van der Waals surface area contributed by atoms with E-state index in [0.29, 0.717) is 12.8 Å². The summed E-state index contributed by atoms with van der Waals surface area (Å²) in [4.78, 5) is 27.5. The summed E-state index contributed by atoms with van der Waals surface area (Å²) in [5.41, 5.74) is 1.76. The van der Waals surface area contributed by atoms with E-state index in [-0.39, 0.29) is 17.7 Å². The monoisotopic (exact) mass is 318 g/mol. The van der Waals surface area contributed by atoms with Crippen LogP contribution < -0.4 is 5.32 Å². The van der Waals surface area contributed by atoms with Crippen LogP contribution in [-0.2, 0) is 9.59 Å². The van der Waals surface area contributed by atoms with Gasteiger partial charge in [-0.2, -0.15) is 0 Å². The number of carbonyl (C=O) groups is 2. The third kappa shape index (κ3) is 2.26. The molecule has 1 fully saturated rings. The van der Waals surface area contributed by atoms with Crippen molar-refractivity contribution in [2.45, 2.75) is 18.8 Å². The first-order chi connectivity index (χ1) is 9.15. The summed E-state index contributed by atoms with van der Waals surface area (Å²) in [5, 5.41) is 3.36. The van der Waals surface area contributed by atoms with Crippen LogP contribution in [0.25, 0.3) is 10.9 Å². The maximum Gasteiger partial charge on any atom is 0.234 e. The molecule has 0 bridgehead atoms. The molecular formula is C14H11BrN2O2. The van der Waals surface area contributed by atoms with Crippen LogP contribution in [0.15, 0.2) is 34.9 Å². The molecule has 5 heteroatoms. The van der Waals surface area contributed by atoms with E-state index in [9.17, 15) is 9.59 Å². The van der Waals surface area contributed by atoms with Gasteiger partial charge in [-0.1, -0.05) is 22.0 Å². The van der Waals surface area contributed by atoms with Gasteiger partial charge in [0.25, 0.3) is 0 Å². The van der Waals surface area contributed by atoms with Gasteiger partial charge in [0.2, 0.25) is 11.8 Å². The molecule has 0 aliphatic carbocycles. The van der Waals surface area contributed by atoms with Crippen molar-refractivity contribution in [2.75, 3.05) is 0 Å². The normalized spacial score (nSPS) is 19.5. The molecule has 2 aromatic rings. The van der Waals surface area contributed by atoms with E-state index in [1.165, 1.54) is 0 Å². The van der Waals surface area contributed by atoms with Gasteiger partial charge >= 0.3 is 0 Å². The lowest BCUT2D eigenvalue weighted by atomic mass is 9.88. The van der Waals surface area contributed by atoms with Crippen LogP contribution in [-0.4, -0.2) is 16.8 Å². The van der Waals surface area contributed by atoms with E-state index in [4.69, 9.17) is 0 Å². The first kappa shape index (κ1) is 12.3. The van der Waals surface area contributed by atoms with Gasteiger partial charge in [0.05, 0.1) is 11.4 Å². The van der Waals surface area contributed by atoms with Gasteiger partial charge in [0, 0.05) is 22.5 Å². The number of hydrogen-bond donors (Lipinski definition) is 1. The fourth-order valence-corrected chi connectivity index (χ4v) is 2.92. The van der Waals surface area contributed by atoms with Gasteiger partial charge in [-0.15, -0.1) is 0 Å². The molecular weight excluding hydrogens is 308 g/mol. The molecule has 2 amide bonds. The topological polar surface area (TPSA) is 59.1 Å². The summed E-state index contributed by atoms with van der Waals surface area (Å²) in [7, 11) is 0. The molecule has 0 spiro atoms. The lowest BCUT2D eigenvalue weighted by Gasteiger charge is -2.22. The Morgan fingerprint density at radius 2 is 2.16 bits per heavy atom. The standard InChI is InChI=1S/C14H11BrN2O2/c15-8-6-11(9-2-1-5-16-12(9)7-8)10-3-4-13(18)17-14(10)19/h1-2,5-7,10H,3-4H2,(H,17,18,19). The van der Waals surface area contributed by atoms with Crippen molar-refractivity contribution in [1.29, 1.82) is 0 Å². The molecule has 1 aromatic carbocycles. The Kier molecular flexibility index (Phi) is 3.06. The number of fused-ring (bicyclic) bond motifs is 1. The van der Waals surface area contributed by atoms with E-state index in [1.807, 2.05) is 24.3 Å². The highest BCUT2D eigenvalue weighted by atomic mass is 79.9. The zero-order valence-electron chi connectivity index (χ0n) is 10.0. The fourth-order valence-electron chi connectivity index (χ4n) is 2.45. The molecule has 96 valence electrons. The molecule has 1 unspecified atom stereocenters. The molecule has 1 saturated heterocycles. The molecule has 1 atom stereocenters. The first-order valence-corrected chi connectivity index (χ1v) is 6.82. The van der Waals surface area contributed by atoms with Gasteiger partial charge in [-0.25, -0.2) is 0 Å². The van der Waals surface area contributed by atoms with Crippen LogP contribution in [0, 0.1) is 0 Å². The highest BCUT2D eigenvalue weighted by Crippen LogP contribution is 2.32. The van der Waals surface area contributed by atoms with Crippen molar-refractivity contribution >= 4 is 38.6 Å². The van der Waals surface area contributed by atoms with Crippen molar-refractivity contribution < 1.29 is 9.59 Å². The van der Waals surface area contributed by atoms with Crippen molar-refractivity contribution in [1.82, 2.24) is 10.3 Å². The molecule has 2 heterocycles. The highest BCUT2D eigenvalue weighted by molar-refractivity contribution is 9.10. The molecule has 1 N–H and O–H groups in total. The Hall–Kier alpha value is -1.75. The van der Waals surface area contributed by atoms with Crippen LogP contribution >= 0.6 is 15.9 Å². The van der Waals surface area contributed by atoms with E-state index in [0.717, 1.165) is 20.9 Å². The Morgan fingerprint density at radius 1 is 1.32 bits per heavy atom. The van der Waals surface area contributed by atoms with Gasteiger partial charge in [0.1, 0.15) is 0 Å². The third-order valence-electron chi connectivity index (χ3n) is 3.33. The summed E-state index contributed by atoms with van der Waals surface area (Å²) in [5.74, 6) is -0.708. The van der Waals surface area contributed by atoms with Crippen LogP contribution in [0.4, 0.5) is 0 Å². The van der Waals surface area contributed by atoms with Crippen molar-refractivity contribution in [3.8, 4) is 0 Å². The van der Waals surface area contributed by atoms with Crippen molar-refractivity contribution in [2.24, 2.45) is 0 Å². The lowest BCUT2D eigenvalue weighted by molar-refractivity contribution is -0.134. The van der Waals surface area contributed by atoms with E-state index in [1.54, 1.807) is 6.20 Å². The number of amides is 2. The number of carbonyl (C=O) groups excluding carboxylic acids is 2. The fraction of sp³-hybridized carbons (Fsp3) is 0.214. The molecule has 0 saturated carbocycles. The van der Waals surface area contributed by atoms with Crippen LogP contribution in [0.1, 0.15) is 24.3 Å². The van der Waals surface area contributed by atoms with E-state index < -0.39 is 0 Å². The second-order valence-corrected chi connectivity index (χ2v) is 5.48. The number of halogens is 1. The number of hydrogen-bond acceptors (Lipinski definition) is 3. The third-order valence-corrected chi connectivity index (χ3v) is 3.79. The number of imide groups is 1. The van der Waals surface area contributed by atoms with Crippen LogP contribution in [0.5, 0.6) is 0 Å². The number of nitrogens with one attached hydrogen (secondary N) is 1. The zero-order chi connectivity index (χ0) is 13.4. The summed E-state index contributed by atoms with van der Waals surface area (Å²) in [6, 6.07) is 7.66. The van der Waals surface area contributed by atoms with Gasteiger partial charge in [-0.3, -0.25) is 19.9 Å². The second kappa shape index (κ2) is 4.74. The van der Waals surface area contributed by atoms with E-state index in [2.05, 4.69) is 26.2 Å². The van der Waals surface area contributed by atoms with Gasteiger partial charge in [-0.05, 0) is 30.2 Å². The quantitative estimate of drug-likeness (QED) is 0.822. The number of nitrogens with zero attached hydrogens (tertiary/aromatic N) is 1. The molecule has 4 nitrogen and oxygen atoms in total. The predicted octanol–water partition coefficient (Wildman–Crippen LogP) is 2.52. The largest absolute Gasteiger partial charge is 0.296 e. The Balaban J connectivity index is 2.14. The van der Waals surface area contributed by atoms with Gasteiger partial charge < -0.3 is 0 Å². The zero-order valence-corrected chi connectivity index (χ0v) is 11.6. The average Bonchev–Trinajstić information content (AvgIpc) is 2.38. The predicted molar refractivity (Wildman–Crippen MR) is 74.6 cm³/mol. The minimum Gasteiger partial charge on any atom is -0.296 e. The number of aromatic nitrogens is 1. The summed E-state index contributed by atoms with van der Waals surface area (Å²) >= 11 is 3.44. The molecule has 19 heavy (non-hydrogen) atoms. The maximum atomic E-state index is 12.0. The number of pyridine rings is 1. The van der Waals surface area contributed by atoms with Crippen LogP contribution in [0.3, 0.4) is 0 Å². The highest BCUT2D eigenvalue weighted by Gasteiger charge is 2.29. The summed E-state index contributed by atoms with van der Waals surface area (Å²) in [6.07, 6.45) is 2.65. The van der Waals surface area contributed by atoms with Crippen molar-refractivity contribution in [3.05, 3.63) is 40.5 Å². The second-order valence-electron chi connectivity index (χ2n) is 4.57. The Morgan fingerprint density at radius 3 is 2.95 bits per heavy atom.